The van der Waals surface area contributed by atoms with Crippen molar-refractivity contribution in [2.75, 3.05) is 45.2 Å². The van der Waals surface area contributed by atoms with E-state index in [-0.39, 0.29) is 0 Å². The maximum atomic E-state index is 13.3. The van der Waals surface area contributed by atoms with Crippen LogP contribution >= 0.6 is 0 Å². The van der Waals surface area contributed by atoms with E-state index in [0.29, 0.717) is 0 Å². The van der Waals surface area contributed by atoms with Crippen LogP contribution in [0.1, 0.15) is 23.1 Å². The Bertz CT molecular complexity index is 1110. The van der Waals surface area contributed by atoms with Crippen LogP contribution in [0.15, 0.2) is 76.5 Å². The topological polar surface area (TPSA) is 26.8 Å². The molecule has 33 heavy (non-hydrogen) atoms. The zero-order chi connectivity index (χ0) is 23.4. The van der Waals surface area contributed by atoms with Crippen molar-refractivity contribution in [3.8, 4) is 0 Å². The molecule has 4 rings (SSSR count). The lowest BCUT2D eigenvalue weighted by molar-refractivity contribution is 0.232. The van der Waals surface area contributed by atoms with Crippen LogP contribution in [-0.4, -0.2) is 54.3 Å². The van der Waals surface area contributed by atoms with E-state index >= 15 is 0 Å². The zero-order valence-electron chi connectivity index (χ0n) is 20.3. The number of para-hydroxylation sites is 1. The average Bonchev–Trinajstić information content (AvgIpc) is 2.82. The van der Waals surface area contributed by atoms with E-state index < -0.39 is 10.8 Å². The van der Waals surface area contributed by atoms with E-state index in [1.54, 1.807) is 0 Å². The molecule has 1 unspecified atom stereocenters. The number of hydrogen-bond donors (Lipinski definition) is 0. The minimum absolute atomic E-state index is 0.902. The van der Waals surface area contributed by atoms with Crippen LogP contribution < -0.4 is 4.90 Å². The number of rotatable bonds is 9. The first-order valence-electron chi connectivity index (χ1n) is 11.7. The van der Waals surface area contributed by atoms with E-state index in [0.717, 1.165) is 60.3 Å². The number of benzene rings is 3. The molecular formula is C28H35N3OS. The summed E-state index contributed by atoms with van der Waals surface area (Å²) in [6, 6.07) is 23.0. The highest BCUT2D eigenvalue weighted by Crippen LogP contribution is 2.44. The summed E-state index contributed by atoms with van der Waals surface area (Å²) in [7, 11) is 3.13. The first kappa shape index (κ1) is 23.7. The van der Waals surface area contributed by atoms with E-state index in [9.17, 15) is 4.21 Å². The Kier molecular flexibility index (Phi) is 7.63. The summed E-state index contributed by atoms with van der Waals surface area (Å²) in [5, 5.41) is 0. The fourth-order valence-electron chi connectivity index (χ4n) is 4.47. The van der Waals surface area contributed by atoms with Crippen molar-refractivity contribution < 1.29 is 4.21 Å². The number of nitrogens with zero attached hydrogens (tertiary/aromatic N) is 3. The summed E-state index contributed by atoms with van der Waals surface area (Å²) < 4.78 is 13.3. The minimum Gasteiger partial charge on any atom is -0.339 e. The molecule has 0 aromatic heterocycles. The molecule has 1 aliphatic heterocycles. The smallest absolute Gasteiger partial charge is 0.0892 e. The summed E-state index contributed by atoms with van der Waals surface area (Å²) in [6.07, 6.45) is 1.04. The summed E-state index contributed by atoms with van der Waals surface area (Å²) >= 11 is 0. The summed E-state index contributed by atoms with van der Waals surface area (Å²) in [4.78, 5) is 9.05. The van der Waals surface area contributed by atoms with Crippen LogP contribution in [0.4, 0.5) is 11.4 Å². The Morgan fingerprint density at radius 3 is 2.30 bits per heavy atom. The lowest BCUT2D eigenvalue weighted by Gasteiger charge is -2.35. The summed E-state index contributed by atoms with van der Waals surface area (Å²) in [5.74, 6) is 0. The molecule has 0 aliphatic carbocycles. The fourth-order valence-corrected chi connectivity index (χ4v) is 5.91. The van der Waals surface area contributed by atoms with Crippen molar-refractivity contribution in [3.05, 3.63) is 83.4 Å². The first-order chi connectivity index (χ1) is 16.0. The molecule has 0 radical (unpaired) electrons. The highest BCUT2D eigenvalue weighted by atomic mass is 32.2. The molecule has 1 atom stereocenters. The molecule has 4 nitrogen and oxygen atoms in total. The SMILES string of the molecule is Cc1ccc2c(c1C)N(CCCN(CCN(C)C)Cc1ccccc1)c1ccccc1S2=O. The van der Waals surface area contributed by atoms with Crippen molar-refractivity contribution in [1.29, 1.82) is 0 Å². The maximum Gasteiger partial charge on any atom is 0.0892 e. The van der Waals surface area contributed by atoms with Crippen LogP contribution in [0.25, 0.3) is 0 Å². The van der Waals surface area contributed by atoms with Crippen molar-refractivity contribution >= 4 is 22.2 Å². The van der Waals surface area contributed by atoms with Gasteiger partial charge in [0.1, 0.15) is 0 Å². The van der Waals surface area contributed by atoms with Gasteiger partial charge in [0.05, 0.1) is 32.0 Å². The molecule has 0 N–H and O–H groups in total. The molecule has 1 aliphatic rings. The van der Waals surface area contributed by atoms with Gasteiger partial charge in [-0.2, -0.15) is 0 Å². The van der Waals surface area contributed by atoms with Gasteiger partial charge >= 0.3 is 0 Å². The van der Waals surface area contributed by atoms with Crippen molar-refractivity contribution in [2.45, 2.75) is 36.6 Å². The van der Waals surface area contributed by atoms with Crippen LogP contribution in [0.5, 0.6) is 0 Å². The van der Waals surface area contributed by atoms with Gasteiger partial charge in [0, 0.05) is 32.7 Å². The predicted octanol–water partition coefficient (Wildman–Crippen LogP) is 5.38. The third kappa shape index (κ3) is 5.37. The van der Waals surface area contributed by atoms with Gasteiger partial charge in [0.15, 0.2) is 0 Å². The molecule has 0 spiro atoms. The van der Waals surface area contributed by atoms with Crippen LogP contribution in [-0.2, 0) is 17.3 Å². The monoisotopic (exact) mass is 461 g/mol. The molecule has 5 heteroatoms. The lowest BCUT2D eigenvalue weighted by Crippen LogP contribution is -2.34. The molecule has 0 saturated carbocycles. The number of anilines is 2. The first-order valence-corrected chi connectivity index (χ1v) is 12.9. The van der Waals surface area contributed by atoms with Gasteiger partial charge in [0.25, 0.3) is 0 Å². The van der Waals surface area contributed by atoms with Crippen LogP contribution in [0.2, 0.25) is 0 Å². The molecule has 0 fully saturated rings. The van der Waals surface area contributed by atoms with E-state index in [4.69, 9.17) is 0 Å². The number of fused-ring (bicyclic) bond motifs is 2. The van der Waals surface area contributed by atoms with E-state index in [1.165, 1.54) is 16.7 Å². The Morgan fingerprint density at radius 1 is 0.818 bits per heavy atom. The third-order valence-corrected chi connectivity index (χ3v) is 7.93. The second-order valence-electron chi connectivity index (χ2n) is 9.16. The molecule has 0 saturated heterocycles. The molecule has 3 aromatic rings. The number of aryl methyl sites for hydroxylation is 1. The molecule has 0 amide bonds. The average molecular weight is 462 g/mol. The lowest BCUT2D eigenvalue weighted by atomic mass is 10.1. The van der Waals surface area contributed by atoms with Crippen LogP contribution in [0.3, 0.4) is 0 Å². The fraction of sp³-hybridized carbons (Fsp3) is 0.357. The van der Waals surface area contributed by atoms with Gasteiger partial charge < -0.3 is 9.80 Å². The van der Waals surface area contributed by atoms with Crippen molar-refractivity contribution in [1.82, 2.24) is 9.80 Å². The predicted molar refractivity (Wildman–Crippen MR) is 139 cm³/mol. The molecule has 0 bridgehead atoms. The number of hydrogen-bond acceptors (Lipinski definition) is 4. The largest absolute Gasteiger partial charge is 0.339 e. The van der Waals surface area contributed by atoms with Gasteiger partial charge in [-0.1, -0.05) is 48.5 Å². The standard InChI is InChI=1S/C28H35N3OS/c1-22-15-16-27-28(23(22)2)31(25-13-8-9-14-26(25)33(27)32)18-10-17-30(20-19-29(3)4)21-24-11-6-5-7-12-24/h5-9,11-16H,10,17-21H2,1-4H3. The zero-order valence-corrected chi connectivity index (χ0v) is 21.1. The third-order valence-electron chi connectivity index (χ3n) is 6.46. The van der Waals surface area contributed by atoms with E-state index in [1.807, 2.05) is 12.1 Å². The molecular weight excluding hydrogens is 426 g/mol. The molecule has 3 aromatic carbocycles. The highest BCUT2D eigenvalue weighted by Gasteiger charge is 2.29. The Labute approximate surface area is 201 Å². The van der Waals surface area contributed by atoms with Gasteiger partial charge in [0.2, 0.25) is 0 Å². The van der Waals surface area contributed by atoms with Gasteiger partial charge in [-0.05, 0) is 69.3 Å². The van der Waals surface area contributed by atoms with Crippen molar-refractivity contribution in [3.63, 3.8) is 0 Å². The van der Waals surface area contributed by atoms with Gasteiger partial charge in [-0.15, -0.1) is 0 Å². The van der Waals surface area contributed by atoms with Gasteiger partial charge in [-0.3, -0.25) is 4.90 Å². The second kappa shape index (κ2) is 10.6. The number of likely N-dealkylation sites (N-methyl/N-ethyl adjacent to an activating group) is 1. The van der Waals surface area contributed by atoms with Crippen LogP contribution in [0, 0.1) is 13.8 Å². The minimum atomic E-state index is -1.14. The molecule has 174 valence electrons. The Balaban J connectivity index is 1.55. The summed E-state index contributed by atoms with van der Waals surface area (Å²) in [6.45, 7) is 9.26. The van der Waals surface area contributed by atoms with Gasteiger partial charge in [-0.25, -0.2) is 4.21 Å². The van der Waals surface area contributed by atoms with Crippen molar-refractivity contribution in [2.24, 2.45) is 0 Å². The molecule has 1 heterocycles. The normalized spacial score (nSPS) is 15.1. The highest BCUT2D eigenvalue weighted by molar-refractivity contribution is 7.85. The summed E-state index contributed by atoms with van der Waals surface area (Å²) in [5.41, 5.74) is 6.04. The quantitative estimate of drug-likeness (QED) is 0.428. The Hall–Kier alpha value is -2.47. The second-order valence-corrected chi connectivity index (χ2v) is 10.6. The maximum absolute atomic E-state index is 13.3. The van der Waals surface area contributed by atoms with E-state index in [2.05, 4.69) is 97.2 Å². The Morgan fingerprint density at radius 2 is 1.55 bits per heavy atom.